The van der Waals surface area contributed by atoms with E-state index in [1.165, 1.54) is 12.3 Å². The Hall–Kier alpha value is -1.33. The van der Waals surface area contributed by atoms with Gasteiger partial charge in [0.15, 0.2) is 0 Å². The first-order valence-corrected chi connectivity index (χ1v) is 7.22. The predicted octanol–water partition coefficient (Wildman–Crippen LogP) is 2.21. The Balaban J connectivity index is 2.07. The molecule has 1 N–H and O–H groups in total. The zero-order valence-corrected chi connectivity index (χ0v) is 12.6. The van der Waals surface area contributed by atoms with Gasteiger partial charge in [-0.3, -0.25) is 4.90 Å². The van der Waals surface area contributed by atoms with Crippen LogP contribution in [0.1, 0.15) is 24.2 Å². The standard InChI is InChI=1S/C14H20ClN3O2/c1-10(2)9-17-5-7-18(8-6-17)13-12(15)11(14(19)20)3-4-16-13/h3-4,10H,5-9H2,1-2H3,(H,19,20). The summed E-state index contributed by atoms with van der Waals surface area (Å²) in [4.78, 5) is 19.8. The van der Waals surface area contributed by atoms with E-state index in [4.69, 9.17) is 16.7 Å². The Bertz CT molecular complexity index is 485. The van der Waals surface area contributed by atoms with Gasteiger partial charge in [0.2, 0.25) is 0 Å². The second kappa shape index (κ2) is 6.41. The molecule has 2 heterocycles. The Morgan fingerprint density at radius 1 is 1.40 bits per heavy atom. The first-order valence-electron chi connectivity index (χ1n) is 6.84. The monoisotopic (exact) mass is 297 g/mol. The fourth-order valence-electron chi connectivity index (χ4n) is 2.48. The summed E-state index contributed by atoms with van der Waals surface area (Å²) in [5.74, 6) is 0.214. The van der Waals surface area contributed by atoms with Crippen molar-refractivity contribution in [2.45, 2.75) is 13.8 Å². The molecule has 0 unspecified atom stereocenters. The van der Waals surface area contributed by atoms with Crippen molar-refractivity contribution in [1.29, 1.82) is 0 Å². The molecule has 1 aromatic heterocycles. The molecule has 0 saturated carbocycles. The number of aromatic nitrogens is 1. The topological polar surface area (TPSA) is 56.7 Å². The van der Waals surface area contributed by atoms with Crippen molar-refractivity contribution in [3.05, 3.63) is 22.8 Å². The molecule has 0 spiro atoms. The van der Waals surface area contributed by atoms with E-state index in [1.54, 1.807) is 0 Å². The molecule has 110 valence electrons. The lowest BCUT2D eigenvalue weighted by Gasteiger charge is -2.36. The van der Waals surface area contributed by atoms with Gasteiger partial charge in [0.25, 0.3) is 0 Å². The van der Waals surface area contributed by atoms with Crippen LogP contribution in [0.4, 0.5) is 5.82 Å². The molecule has 1 fully saturated rings. The minimum absolute atomic E-state index is 0.112. The van der Waals surface area contributed by atoms with Gasteiger partial charge in [0.1, 0.15) is 5.82 Å². The highest BCUT2D eigenvalue weighted by Crippen LogP contribution is 2.27. The maximum absolute atomic E-state index is 11.1. The van der Waals surface area contributed by atoms with Gasteiger partial charge in [-0.15, -0.1) is 0 Å². The van der Waals surface area contributed by atoms with Crippen molar-refractivity contribution in [2.24, 2.45) is 5.92 Å². The number of nitrogens with zero attached hydrogens (tertiary/aromatic N) is 3. The van der Waals surface area contributed by atoms with Crippen LogP contribution in [0.25, 0.3) is 0 Å². The molecular formula is C14H20ClN3O2. The number of carbonyl (C=O) groups is 1. The zero-order valence-electron chi connectivity index (χ0n) is 11.8. The van der Waals surface area contributed by atoms with Gasteiger partial charge in [0, 0.05) is 38.9 Å². The van der Waals surface area contributed by atoms with Crippen molar-refractivity contribution in [3.63, 3.8) is 0 Å². The quantitative estimate of drug-likeness (QED) is 0.923. The van der Waals surface area contributed by atoms with Gasteiger partial charge in [-0.2, -0.15) is 0 Å². The number of piperazine rings is 1. The van der Waals surface area contributed by atoms with E-state index in [1.807, 2.05) is 0 Å². The molecule has 0 aromatic carbocycles. The maximum atomic E-state index is 11.1. The minimum atomic E-state index is -1.02. The van der Waals surface area contributed by atoms with Crippen LogP contribution in [0, 0.1) is 5.92 Å². The van der Waals surface area contributed by atoms with Crippen LogP contribution >= 0.6 is 11.6 Å². The molecule has 0 aliphatic carbocycles. The molecule has 0 atom stereocenters. The lowest BCUT2D eigenvalue weighted by atomic mass is 10.2. The molecule has 5 nitrogen and oxygen atoms in total. The fourth-order valence-corrected chi connectivity index (χ4v) is 2.79. The van der Waals surface area contributed by atoms with E-state index in [0.717, 1.165) is 32.7 Å². The van der Waals surface area contributed by atoms with E-state index in [9.17, 15) is 4.79 Å². The average Bonchev–Trinajstić information content (AvgIpc) is 2.39. The largest absolute Gasteiger partial charge is 0.478 e. The molecule has 0 bridgehead atoms. The van der Waals surface area contributed by atoms with Gasteiger partial charge < -0.3 is 10.0 Å². The summed E-state index contributed by atoms with van der Waals surface area (Å²) < 4.78 is 0. The molecule has 1 aliphatic rings. The normalized spacial score (nSPS) is 16.7. The number of pyridine rings is 1. The summed E-state index contributed by atoms with van der Waals surface area (Å²) in [5.41, 5.74) is 0.112. The predicted molar refractivity (Wildman–Crippen MR) is 79.7 cm³/mol. The van der Waals surface area contributed by atoms with Gasteiger partial charge in [-0.25, -0.2) is 9.78 Å². The number of aromatic carboxylic acids is 1. The summed E-state index contributed by atoms with van der Waals surface area (Å²) in [6, 6.07) is 1.43. The van der Waals surface area contributed by atoms with Crippen LogP contribution in [-0.2, 0) is 0 Å². The number of rotatable bonds is 4. The average molecular weight is 298 g/mol. The van der Waals surface area contributed by atoms with Gasteiger partial charge in [-0.1, -0.05) is 25.4 Å². The number of carboxylic acids is 1. The summed E-state index contributed by atoms with van der Waals surface area (Å²) in [5, 5.41) is 9.32. The SMILES string of the molecule is CC(C)CN1CCN(c2nccc(C(=O)O)c2Cl)CC1. The molecule has 20 heavy (non-hydrogen) atoms. The third-order valence-corrected chi connectivity index (χ3v) is 3.77. The zero-order chi connectivity index (χ0) is 14.7. The summed E-state index contributed by atoms with van der Waals surface area (Å²) in [6.45, 7) is 9.05. The Kier molecular flexibility index (Phi) is 4.83. The highest BCUT2D eigenvalue weighted by molar-refractivity contribution is 6.35. The molecule has 1 aliphatic heterocycles. The highest BCUT2D eigenvalue weighted by atomic mass is 35.5. The first kappa shape index (κ1) is 15.1. The van der Waals surface area contributed by atoms with Gasteiger partial charge >= 0.3 is 5.97 Å². The van der Waals surface area contributed by atoms with Crippen LogP contribution in [0.5, 0.6) is 0 Å². The number of hydrogen-bond acceptors (Lipinski definition) is 4. The number of anilines is 1. The van der Waals surface area contributed by atoms with E-state index >= 15 is 0 Å². The minimum Gasteiger partial charge on any atom is -0.478 e. The van der Waals surface area contributed by atoms with Crippen LogP contribution in [0.3, 0.4) is 0 Å². The van der Waals surface area contributed by atoms with Crippen LogP contribution in [-0.4, -0.2) is 53.7 Å². The first-order chi connectivity index (χ1) is 9.49. The molecular weight excluding hydrogens is 278 g/mol. The summed E-state index contributed by atoms with van der Waals surface area (Å²) >= 11 is 6.16. The number of carboxylic acid groups (broad SMARTS) is 1. The van der Waals surface area contributed by atoms with E-state index in [-0.39, 0.29) is 10.6 Å². The Morgan fingerprint density at radius 2 is 2.05 bits per heavy atom. The van der Waals surface area contributed by atoms with Crippen molar-refractivity contribution >= 4 is 23.4 Å². The lowest BCUT2D eigenvalue weighted by Crippen LogP contribution is -2.47. The van der Waals surface area contributed by atoms with E-state index < -0.39 is 5.97 Å². The maximum Gasteiger partial charge on any atom is 0.337 e. The molecule has 2 rings (SSSR count). The fraction of sp³-hybridized carbons (Fsp3) is 0.571. The molecule has 1 aromatic rings. The Morgan fingerprint density at radius 3 is 2.60 bits per heavy atom. The molecule has 6 heteroatoms. The van der Waals surface area contributed by atoms with Crippen LogP contribution in [0.2, 0.25) is 5.02 Å². The van der Waals surface area contributed by atoms with Crippen molar-refractivity contribution in [2.75, 3.05) is 37.6 Å². The highest BCUT2D eigenvalue weighted by Gasteiger charge is 2.22. The van der Waals surface area contributed by atoms with Gasteiger partial charge in [-0.05, 0) is 12.0 Å². The third-order valence-electron chi connectivity index (χ3n) is 3.40. The molecule has 0 amide bonds. The van der Waals surface area contributed by atoms with Crippen molar-refractivity contribution < 1.29 is 9.90 Å². The smallest absolute Gasteiger partial charge is 0.337 e. The van der Waals surface area contributed by atoms with E-state index in [2.05, 4.69) is 28.6 Å². The second-order valence-electron chi connectivity index (χ2n) is 5.48. The van der Waals surface area contributed by atoms with Crippen molar-refractivity contribution in [1.82, 2.24) is 9.88 Å². The van der Waals surface area contributed by atoms with Crippen molar-refractivity contribution in [3.8, 4) is 0 Å². The summed E-state index contributed by atoms with van der Waals surface area (Å²) in [6.07, 6.45) is 1.51. The number of halogens is 1. The molecule has 0 radical (unpaired) electrons. The third kappa shape index (κ3) is 3.41. The molecule has 1 saturated heterocycles. The van der Waals surface area contributed by atoms with Gasteiger partial charge in [0.05, 0.1) is 10.6 Å². The van der Waals surface area contributed by atoms with Crippen LogP contribution in [0.15, 0.2) is 12.3 Å². The summed E-state index contributed by atoms with van der Waals surface area (Å²) in [7, 11) is 0. The Labute approximate surface area is 124 Å². The lowest BCUT2D eigenvalue weighted by molar-refractivity contribution is 0.0697. The number of hydrogen-bond donors (Lipinski definition) is 1. The van der Waals surface area contributed by atoms with Crippen LogP contribution < -0.4 is 4.90 Å². The second-order valence-corrected chi connectivity index (χ2v) is 5.86. The van der Waals surface area contributed by atoms with E-state index in [0.29, 0.717) is 11.7 Å².